The van der Waals surface area contributed by atoms with Gasteiger partial charge in [-0.1, -0.05) is 19.1 Å². The van der Waals surface area contributed by atoms with Crippen LogP contribution in [0.5, 0.6) is 5.75 Å². The Morgan fingerprint density at radius 1 is 1.40 bits per heavy atom. The quantitative estimate of drug-likeness (QED) is 0.864. The van der Waals surface area contributed by atoms with Gasteiger partial charge in [-0.3, -0.25) is 4.90 Å². The summed E-state index contributed by atoms with van der Waals surface area (Å²) in [6.07, 6.45) is 1.49. The van der Waals surface area contributed by atoms with Crippen molar-refractivity contribution in [3.8, 4) is 5.75 Å². The predicted molar refractivity (Wildman–Crippen MR) is 84.2 cm³/mol. The summed E-state index contributed by atoms with van der Waals surface area (Å²) < 4.78 is 5.83. The highest BCUT2D eigenvalue weighted by atomic mass is 16.5. The molecule has 1 aromatic carbocycles. The van der Waals surface area contributed by atoms with Gasteiger partial charge in [0.2, 0.25) is 0 Å². The Labute approximate surface area is 123 Å². The molecule has 0 amide bonds. The summed E-state index contributed by atoms with van der Waals surface area (Å²) in [5, 5.41) is 3.50. The van der Waals surface area contributed by atoms with Crippen LogP contribution < -0.4 is 10.1 Å². The first-order valence-electron chi connectivity index (χ1n) is 7.79. The lowest BCUT2D eigenvalue weighted by Gasteiger charge is -2.26. The number of likely N-dealkylation sites (tertiary alicyclic amines) is 1. The van der Waals surface area contributed by atoms with Gasteiger partial charge in [-0.05, 0) is 70.6 Å². The molecule has 112 valence electrons. The van der Waals surface area contributed by atoms with Gasteiger partial charge in [0.25, 0.3) is 0 Å². The molecule has 0 aliphatic carbocycles. The van der Waals surface area contributed by atoms with Gasteiger partial charge >= 0.3 is 0 Å². The van der Waals surface area contributed by atoms with E-state index in [-0.39, 0.29) is 6.10 Å². The highest BCUT2D eigenvalue weighted by molar-refractivity contribution is 5.31. The van der Waals surface area contributed by atoms with Crippen LogP contribution >= 0.6 is 0 Å². The maximum atomic E-state index is 5.83. The Hall–Kier alpha value is -1.06. The second-order valence-corrected chi connectivity index (χ2v) is 6.02. The van der Waals surface area contributed by atoms with Gasteiger partial charge in [0.15, 0.2) is 0 Å². The lowest BCUT2D eigenvalue weighted by molar-refractivity contribution is 0.239. The topological polar surface area (TPSA) is 24.5 Å². The second kappa shape index (κ2) is 7.09. The van der Waals surface area contributed by atoms with Crippen molar-refractivity contribution in [3.63, 3.8) is 0 Å². The molecule has 20 heavy (non-hydrogen) atoms. The Morgan fingerprint density at radius 2 is 2.20 bits per heavy atom. The number of hydrogen-bond donors (Lipinski definition) is 1. The first-order valence-corrected chi connectivity index (χ1v) is 7.79. The van der Waals surface area contributed by atoms with E-state index < -0.39 is 0 Å². The highest BCUT2D eigenvalue weighted by Crippen LogP contribution is 2.36. The lowest BCUT2D eigenvalue weighted by Crippen LogP contribution is -2.28. The fourth-order valence-corrected chi connectivity index (χ4v) is 3.14. The SMILES string of the molecule is CCNCC1CCN(C)C1c1cccc(OC(C)C)c1. The fourth-order valence-electron chi connectivity index (χ4n) is 3.14. The first-order chi connectivity index (χ1) is 9.61. The van der Waals surface area contributed by atoms with Gasteiger partial charge in [-0.2, -0.15) is 0 Å². The fraction of sp³-hybridized carbons (Fsp3) is 0.647. The number of nitrogens with zero attached hydrogens (tertiary/aromatic N) is 1. The van der Waals surface area contributed by atoms with Gasteiger partial charge in [0.1, 0.15) is 5.75 Å². The molecular weight excluding hydrogens is 248 g/mol. The Balaban J connectivity index is 2.14. The molecule has 2 unspecified atom stereocenters. The summed E-state index contributed by atoms with van der Waals surface area (Å²) in [6.45, 7) is 9.63. The van der Waals surface area contributed by atoms with Gasteiger partial charge in [0, 0.05) is 6.04 Å². The van der Waals surface area contributed by atoms with Crippen LogP contribution in [0.2, 0.25) is 0 Å². The molecule has 0 radical (unpaired) electrons. The molecule has 2 rings (SSSR count). The smallest absolute Gasteiger partial charge is 0.120 e. The van der Waals surface area contributed by atoms with Crippen LogP contribution in [0, 0.1) is 5.92 Å². The third-order valence-corrected chi connectivity index (χ3v) is 4.00. The zero-order chi connectivity index (χ0) is 14.5. The number of benzene rings is 1. The van der Waals surface area contributed by atoms with Gasteiger partial charge < -0.3 is 10.1 Å². The summed E-state index contributed by atoms with van der Waals surface area (Å²) in [5.74, 6) is 1.68. The summed E-state index contributed by atoms with van der Waals surface area (Å²) in [6, 6.07) is 9.12. The largest absolute Gasteiger partial charge is 0.491 e. The second-order valence-electron chi connectivity index (χ2n) is 6.02. The minimum atomic E-state index is 0.226. The van der Waals surface area contributed by atoms with E-state index >= 15 is 0 Å². The van der Waals surface area contributed by atoms with Crippen molar-refractivity contribution in [1.82, 2.24) is 10.2 Å². The molecule has 1 saturated heterocycles. The van der Waals surface area contributed by atoms with E-state index in [4.69, 9.17) is 4.74 Å². The summed E-state index contributed by atoms with van der Waals surface area (Å²) in [4.78, 5) is 2.47. The van der Waals surface area contributed by atoms with Crippen molar-refractivity contribution in [1.29, 1.82) is 0 Å². The predicted octanol–water partition coefficient (Wildman–Crippen LogP) is 3.08. The third-order valence-electron chi connectivity index (χ3n) is 4.00. The maximum Gasteiger partial charge on any atom is 0.120 e. The van der Waals surface area contributed by atoms with E-state index in [2.05, 4.69) is 62.3 Å². The van der Waals surface area contributed by atoms with E-state index in [1.807, 2.05) is 0 Å². The van der Waals surface area contributed by atoms with E-state index in [1.54, 1.807) is 0 Å². The molecule has 1 heterocycles. The number of nitrogens with one attached hydrogen (secondary N) is 1. The van der Waals surface area contributed by atoms with Crippen molar-refractivity contribution < 1.29 is 4.74 Å². The van der Waals surface area contributed by atoms with Crippen LogP contribution in [-0.4, -0.2) is 37.7 Å². The van der Waals surface area contributed by atoms with E-state index in [9.17, 15) is 0 Å². The standard InChI is InChI=1S/C17H28N2O/c1-5-18-12-15-9-10-19(4)17(15)14-7-6-8-16(11-14)20-13(2)3/h6-8,11,13,15,17-18H,5,9-10,12H2,1-4H3. The summed E-state index contributed by atoms with van der Waals surface area (Å²) in [5.41, 5.74) is 1.38. The molecule has 2 atom stereocenters. The minimum Gasteiger partial charge on any atom is -0.491 e. The monoisotopic (exact) mass is 276 g/mol. The van der Waals surface area contributed by atoms with Crippen molar-refractivity contribution in [2.75, 3.05) is 26.7 Å². The first kappa shape index (κ1) is 15.3. The van der Waals surface area contributed by atoms with Crippen LogP contribution in [-0.2, 0) is 0 Å². The maximum absolute atomic E-state index is 5.83. The van der Waals surface area contributed by atoms with Crippen LogP contribution in [0.25, 0.3) is 0 Å². The average molecular weight is 276 g/mol. The summed E-state index contributed by atoms with van der Waals surface area (Å²) >= 11 is 0. The lowest BCUT2D eigenvalue weighted by atomic mass is 9.93. The minimum absolute atomic E-state index is 0.226. The van der Waals surface area contributed by atoms with Crippen molar-refractivity contribution in [2.45, 2.75) is 39.3 Å². The number of rotatable bonds is 6. The Bertz CT molecular complexity index is 419. The molecule has 1 aromatic rings. The van der Waals surface area contributed by atoms with E-state index in [0.29, 0.717) is 12.0 Å². The molecule has 1 N–H and O–H groups in total. The van der Waals surface area contributed by atoms with Crippen molar-refractivity contribution in [2.24, 2.45) is 5.92 Å². The normalized spacial score (nSPS) is 23.4. The van der Waals surface area contributed by atoms with Crippen LogP contribution in [0.1, 0.15) is 38.8 Å². The Kier molecular flexibility index (Phi) is 5.44. The van der Waals surface area contributed by atoms with Gasteiger partial charge in [-0.25, -0.2) is 0 Å². The molecule has 1 aliphatic rings. The highest BCUT2D eigenvalue weighted by Gasteiger charge is 2.32. The van der Waals surface area contributed by atoms with Gasteiger partial charge in [-0.15, -0.1) is 0 Å². The number of ether oxygens (including phenoxy) is 1. The molecule has 0 spiro atoms. The van der Waals surface area contributed by atoms with Crippen molar-refractivity contribution in [3.05, 3.63) is 29.8 Å². The Morgan fingerprint density at radius 3 is 2.90 bits per heavy atom. The molecule has 3 heteroatoms. The van der Waals surface area contributed by atoms with Crippen LogP contribution in [0.3, 0.4) is 0 Å². The molecular formula is C17H28N2O. The van der Waals surface area contributed by atoms with Gasteiger partial charge in [0.05, 0.1) is 6.10 Å². The molecule has 1 fully saturated rings. The van der Waals surface area contributed by atoms with E-state index in [1.165, 1.54) is 18.5 Å². The number of hydrogen-bond acceptors (Lipinski definition) is 3. The van der Waals surface area contributed by atoms with Crippen LogP contribution in [0.15, 0.2) is 24.3 Å². The van der Waals surface area contributed by atoms with E-state index in [0.717, 1.165) is 18.8 Å². The molecule has 3 nitrogen and oxygen atoms in total. The molecule has 0 saturated carbocycles. The average Bonchev–Trinajstić information content (AvgIpc) is 2.77. The third kappa shape index (κ3) is 3.74. The van der Waals surface area contributed by atoms with Crippen molar-refractivity contribution >= 4 is 0 Å². The zero-order valence-corrected chi connectivity index (χ0v) is 13.2. The zero-order valence-electron chi connectivity index (χ0n) is 13.2. The molecule has 0 aromatic heterocycles. The van der Waals surface area contributed by atoms with Crippen LogP contribution in [0.4, 0.5) is 0 Å². The molecule has 0 bridgehead atoms. The molecule has 1 aliphatic heterocycles. The summed E-state index contributed by atoms with van der Waals surface area (Å²) in [7, 11) is 2.23.